The second kappa shape index (κ2) is 9.01. The zero-order valence-electron chi connectivity index (χ0n) is 14.1. The smallest absolute Gasteiger partial charge is 0.233 e. The van der Waals surface area contributed by atoms with E-state index in [1.165, 1.54) is 25.3 Å². The van der Waals surface area contributed by atoms with Crippen LogP contribution < -0.4 is 10.6 Å². The molecule has 0 bridgehead atoms. The lowest BCUT2D eigenvalue weighted by molar-refractivity contribution is -0.126. The van der Waals surface area contributed by atoms with Crippen molar-refractivity contribution in [3.8, 4) is 0 Å². The number of carbonyl (C=O) groups excluding carboxylic acids is 3. The summed E-state index contributed by atoms with van der Waals surface area (Å²) in [6.07, 6.45) is 7.65. The van der Waals surface area contributed by atoms with Crippen molar-refractivity contribution in [3.63, 3.8) is 0 Å². The van der Waals surface area contributed by atoms with Crippen molar-refractivity contribution in [1.82, 2.24) is 5.32 Å². The van der Waals surface area contributed by atoms with Crippen molar-refractivity contribution in [3.05, 3.63) is 41.5 Å². The van der Waals surface area contributed by atoms with E-state index in [9.17, 15) is 14.4 Å². The zero-order valence-corrected chi connectivity index (χ0v) is 14.1. The topological polar surface area (TPSA) is 75.3 Å². The van der Waals surface area contributed by atoms with Crippen LogP contribution in [0.5, 0.6) is 0 Å². The molecule has 0 saturated heterocycles. The quantitative estimate of drug-likeness (QED) is 0.458. The van der Waals surface area contributed by atoms with E-state index in [0.29, 0.717) is 17.8 Å². The third kappa shape index (κ3) is 5.99. The van der Waals surface area contributed by atoms with Crippen LogP contribution in [-0.4, -0.2) is 24.1 Å². The summed E-state index contributed by atoms with van der Waals surface area (Å²) in [4.78, 5) is 34.8. The SMILES string of the molecule is CC(=O)c1ccc(NC(=O)CC(=O)NCCC2=CCCCC2)cc1. The molecule has 2 amide bonds. The number of ketones is 1. The Morgan fingerprint density at radius 2 is 1.79 bits per heavy atom. The molecule has 5 heteroatoms. The minimum absolute atomic E-state index is 0.0275. The minimum atomic E-state index is -0.361. The Labute approximate surface area is 142 Å². The number of amides is 2. The molecule has 5 nitrogen and oxygen atoms in total. The lowest BCUT2D eigenvalue weighted by atomic mass is 9.97. The molecule has 0 radical (unpaired) electrons. The second-order valence-corrected chi connectivity index (χ2v) is 6.07. The molecule has 128 valence electrons. The van der Waals surface area contributed by atoms with Crippen molar-refractivity contribution in [2.24, 2.45) is 0 Å². The summed E-state index contributed by atoms with van der Waals surface area (Å²) in [7, 11) is 0. The van der Waals surface area contributed by atoms with Gasteiger partial charge in [0.05, 0.1) is 0 Å². The first-order valence-corrected chi connectivity index (χ1v) is 8.40. The number of benzene rings is 1. The van der Waals surface area contributed by atoms with Gasteiger partial charge in [-0.05, 0) is 63.3 Å². The van der Waals surface area contributed by atoms with E-state index in [0.717, 1.165) is 19.3 Å². The van der Waals surface area contributed by atoms with Gasteiger partial charge in [-0.15, -0.1) is 0 Å². The monoisotopic (exact) mass is 328 g/mol. The van der Waals surface area contributed by atoms with Gasteiger partial charge in [-0.2, -0.15) is 0 Å². The fourth-order valence-electron chi connectivity index (χ4n) is 2.70. The van der Waals surface area contributed by atoms with Gasteiger partial charge in [-0.25, -0.2) is 0 Å². The number of rotatable bonds is 7. The van der Waals surface area contributed by atoms with Crippen molar-refractivity contribution >= 4 is 23.3 Å². The van der Waals surface area contributed by atoms with E-state index in [-0.39, 0.29) is 24.0 Å². The van der Waals surface area contributed by atoms with Gasteiger partial charge in [-0.1, -0.05) is 11.6 Å². The average Bonchev–Trinajstić information content (AvgIpc) is 2.56. The molecular formula is C19H24N2O3. The van der Waals surface area contributed by atoms with Crippen molar-refractivity contribution in [2.45, 2.75) is 45.4 Å². The van der Waals surface area contributed by atoms with E-state index in [4.69, 9.17) is 0 Å². The largest absolute Gasteiger partial charge is 0.355 e. The van der Waals surface area contributed by atoms with Gasteiger partial charge >= 0.3 is 0 Å². The molecule has 0 aliphatic heterocycles. The maximum Gasteiger partial charge on any atom is 0.233 e. The number of hydrogen-bond donors (Lipinski definition) is 2. The van der Waals surface area contributed by atoms with Crippen LogP contribution in [0.25, 0.3) is 0 Å². The van der Waals surface area contributed by atoms with Crippen LogP contribution in [0.3, 0.4) is 0 Å². The first-order valence-electron chi connectivity index (χ1n) is 8.40. The Hall–Kier alpha value is -2.43. The van der Waals surface area contributed by atoms with E-state index in [2.05, 4.69) is 16.7 Å². The van der Waals surface area contributed by atoms with Crippen molar-refractivity contribution in [2.75, 3.05) is 11.9 Å². The molecule has 0 heterocycles. The Kier molecular flexibility index (Phi) is 6.73. The minimum Gasteiger partial charge on any atom is -0.355 e. The average molecular weight is 328 g/mol. The first kappa shape index (κ1) is 17.9. The molecular weight excluding hydrogens is 304 g/mol. The van der Waals surface area contributed by atoms with Crippen LogP contribution in [-0.2, 0) is 9.59 Å². The molecule has 0 fully saturated rings. The summed E-state index contributed by atoms with van der Waals surface area (Å²) in [6.45, 7) is 2.06. The lowest BCUT2D eigenvalue weighted by Crippen LogP contribution is -2.29. The number of allylic oxidation sites excluding steroid dienone is 1. The van der Waals surface area contributed by atoms with Crippen LogP contribution in [0, 0.1) is 0 Å². The summed E-state index contributed by atoms with van der Waals surface area (Å²) in [5.41, 5.74) is 2.56. The normalized spacial score (nSPS) is 13.8. The highest BCUT2D eigenvalue weighted by molar-refractivity contribution is 6.03. The lowest BCUT2D eigenvalue weighted by Gasteiger charge is -2.13. The third-order valence-corrected chi connectivity index (χ3v) is 4.05. The molecule has 0 spiro atoms. The van der Waals surface area contributed by atoms with Crippen LogP contribution >= 0.6 is 0 Å². The summed E-state index contributed by atoms with van der Waals surface area (Å²) in [5, 5.41) is 5.44. The molecule has 1 aromatic carbocycles. The van der Waals surface area contributed by atoms with Crippen LogP contribution in [0.1, 0.15) is 55.8 Å². The number of nitrogens with one attached hydrogen (secondary N) is 2. The Morgan fingerprint density at radius 1 is 1.04 bits per heavy atom. The van der Waals surface area contributed by atoms with E-state index in [1.807, 2.05) is 0 Å². The van der Waals surface area contributed by atoms with Gasteiger partial charge < -0.3 is 10.6 Å². The van der Waals surface area contributed by atoms with Gasteiger partial charge in [0.25, 0.3) is 0 Å². The van der Waals surface area contributed by atoms with Crippen molar-refractivity contribution < 1.29 is 14.4 Å². The van der Waals surface area contributed by atoms with Crippen molar-refractivity contribution in [1.29, 1.82) is 0 Å². The summed E-state index contributed by atoms with van der Waals surface area (Å²) in [5.74, 6) is -0.662. The highest BCUT2D eigenvalue weighted by Crippen LogP contribution is 2.19. The highest BCUT2D eigenvalue weighted by atomic mass is 16.2. The van der Waals surface area contributed by atoms with E-state index in [1.54, 1.807) is 24.3 Å². The molecule has 1 aliphatic carbocycles. The third-order valence-electron chi connectivity index (χ3n) is 4.05. The van der Waals surface area contributed by atoms with E-state index >= 15 is 0 Å². The molecule has 2 rings (SSSR count). The molecule has 0 saturated carbocycles. The van der Waals surface area contributed by atoms with Gasteiger partial charge in [0.2, 0.25) is 11.8 Å². The number of carbonyl (C=O) groups is 3. The van der Waals surface area contributed by atoms with Crippen LogP contribution in [0.4, 0.5) is 5.69 Å². The summed E-state index contributed by atoms with van der Waals surface area (Å²) < 4.78 is 0. The fraction of sp³-hybridized carbons (Fsp3) is 0.421. The number of anilines is 1. The highest BCUT2D eigenvalue weighted by Gasteiger charge is 2.10. The summed E-state index contributed by atoms with van der Waals surface area (Å²) in [6, 6.07) is 6.61. The maximum absolute atomic E-state index is 11.9. The molecule has 24 heavy (non-hydrogen) atoms. The van der Waals surface area contributed by atoms with Gasteiger partial charge in [0, 0.05) is 17.8 Å². The summed E-state index contributed by atoms with van der Waals surface area (Å²) >= 11 is 0. The Bertz CT molecular complexity index is 633. The van der Waals surface area contributed by atoms with E-state index < -0.39 is 0 Å². The molecule has 1 aliphatic rings. The Morgan fingerprint density at radius 3 is 2.42 bits per heavy atom. The van der Waals surface area contributed by atoms with Gasteiger partial charge in [0.1, 0.15) is 6.42 Å². The van der Waals surface area contributed by atoms with Crippen LogP contribution in [0.15, 0.2) is 35.9 Å². The zero-order chi connectivity index (χ0) is 17.4. The number of hydrogen-bond acceptors (Lipinski definition) is 3. The predicted molar refractivity (Wildman–Crippen MR) is 93.9 cm³/mol. The molecule has 0 atom stereocenters. The maximum atomic E-state index is 11.9. The van der Waals surface area contributed by atoms with Crippen LogP contribution in [0.2, 0.25) is 0 Å². The standard InChI is InChI=1S/C19H24N2O3/c1-14(22)16-7-9-17(10-8-16)21-19(24)13-18(23)20-12-11-15-5-3-2-4-6-15/h5,7-10H,2-4,6,11-13H2,1H3,(H,20,23)(H,21,24). The molecule has 1 aromatic rings. The fourth-order valence-corrected chi connectivity index (χ4v) is 2.70. The van der Waals surface area contributed by atoms with Gasteiger partial charge in [-0.3, -0.25) is 14.4 Å². The van der Waals surface area contributed by atoms with Gasteiger partial charge in [0.15, 0.2) is 5.78 Å². The molecule has 0 unspecified atom stereocenters. The Balaban J connectivity index is 1.70. The number of Topliss-reactive ketones (excluding diaryl/α,β-unsaturated/α-hetero) is 1. The molecule has 0 aromatic heterocycles. The second-order valence-electron chi connectivity index (χ2n) is 6.07. The first-order chi connectivity index (χ1) is 11.5. The molecule has 2 N–H and O–H groups in total. The predicted octanol–water partition coefficient (Wildman–Crippen LogP) is 3.22.